The molecule has 0 atom stereocenters. The van der Waals surface area contributed by atoms with Crippen LogP contribution in [-0.2, 0) is 6.42 Å². The molecule has 84 valence electrons. The van der Waals surface area contributed by atoms with E-state index in [0.29, 0.717) is 11.3 Å². The van der Waals surface area contributed by atoms with Crippen molar-refractivity contribution in [3.63, 3.8) is 0 Å². The van der Waals surface area contributed by atoms with E-state index in [2.05, 4.69) is 4.98 Å². The maximum atomic E-state index is 10.9. The van der Waals surface area contributed by atoms with Gasteiger partial charge in [-0.1, -0.05) is 6.07 Å². The summed E-state index contributed by atoms with van der Waals surface area (Å²) in [4.78, 5) is 14.8. The van der Waals surface area contributed by atoms with Gasteiger partial charge in [-0.25, -0.2) is 9.78 Å². The highest BCUT2D eigenvalue weighted by molar-refractivity contribution is 5.93. The first kappa shape index (κ1) is 10.4. The molecule has 6 heteroatoms. The second-order valence-corrected chi connectivity index (χ2v) is 3.26. The lowest BCUT2D eigenvalue weighted by Gasteiger charge is -2.01. The summed E-state index contributed by atoms with van der Waals surface area (Å²) >= 11 is 0. The molecule has 2 rings (SSSR count). The number of hydrogen-bond donors (Lipinski definition) is 3. The molecule has 0 fully saturated rings. The topological polar surface area (TPSA) is 95.1 Å². The molecule has 2 aromatic rings. The molecule has 0 aliphatic rings. The number of hydrogen-bond acceptors (Lipinski definition) is 4. The van der Waals surface area contributed by atoms with E-state index < -0.39 is 5.97 Å². The Balaban J connectivity index is 2.76. The number of rotatable bonds is 3. The van der Waals surface area contributed by atoms with E-state index in [0.717, 1.165) is 0 Å². The van der Waals surface area contributed by atoms with Crippen LogP contribution in [0.2, 0.25) is 0 Å². The average Bonchev–Trinajstić information content (AvgIpc) is 2.59. The highest BCUT2D eigenvalue weighted by atomic mass is 16.4. The van der Waals surface area contributed by atoms with Crippen molar-refractivity contribution in [1.29, 1.82) is 0 Å². The van der Waals surface area contributed by atoms with Crippen LogP contribution in [0, 0.1) is 0 Å². The van der Waals surface area contributed by atoms with Gasteiger partial charge >= 0.3 is 5.97 Å². The summed E-state index contributed by atoms with van der Waals surface area (Å²) in [6.07, 6.45) is 0.187. The molecular formula is C10H10N2O4. The fraction of sp³-hybridized carbons (Fsp3) is 0.200. The minimum atomic E-state index is -1.16. The van der Waals surface area contributed by atoms with Gasteiger partial charge in [-0.15, -0.1) is 0 Å². The summed E-state index contributed by atoms with van der Waals surface area (Å²) in [6.45, 7) is -0.160. The predicted octanol–water partition coefficient (Wildman–Crippen LogP) is 0.273. The van der Waals surface area contributed by atoms with E-state index in [9.17, 15) is 9.90 Å². The van der Waals surface area contributed by atoms with Crippen LogP contribution in [-0.4, -0.2) is 37.3 Å². The van der Waals surface area contributed by atoms with E-state index in [1.807, 2.05) is 0 Å². The van der Waals surface area contributed by atoms with Gasteiger partial charge in [-0.3, -0.25) is 4.40 Å². The number of nitrogens with zero attached hydrogens (tertiary/aromatic N) is 2. The molecule has 0 amide bonds. The zero-order valence-corrected chi connectivity index (χ0v) is 8.29. The SMILES string of the molecule is O=C(O)c1nc(CCO)n2c(O)cccc12. The number of imidazole rings is 1. The minimum Gasteiger partial charge on any atom is -0.494 e. The van der Waals surface area contributed by atoms with Gasteiger partial charge in [0.05, 0.1) is 12.1 Å². The highest BCUT2D eigenvalue weighted by Gasteiger charge is 2.17. The van der Waals surface area contributed by atoms with Crippen molar-refractivity contribution in [3.8, 4) is 5.88 Å². The Kier molecular flexibility index (Phi) is 2.49. The molecule has 0 radical (unpaired) electrons. The van der Waals surface area contributed by atoms with Crippen molar-refractivity contribution < 1.29 is 20.1 Å². The van der Waals surface area contributed by atoms with E-state index in [1.54, 1.807) is 12.1 Å². The molecule has 0 bridgehead atoms. The summed E-state index contributed by atoms with van der Waals surface area (Å²) in [5.74, 6) is -0.929. The van der Waals surface area contributed by atoms with Crippen LogP contribution >= 0.6 is 0 Å². The van der Waals surface area contributed by atoms with E-state index in [1.165, 1.54) is 10.5 Å². The Morgan fingerprint density at radius 2 is 2.19 bits per heavy atom. The van der Waals surface area contributed by atoms with Gasteiger partial charge in [0.1, 0.15) is 5.82 Å². The second kappa shape index (κ2) is 3.82. The highest BCUT2D eigenvalue weighted by Crippen LogP contribution is 2.20. The minimum absolute atomic E-state index is 0.0963. The third kappa shape index (κ3) is 1.49. The van der Waals surface area contributed by atoms with Crippen molar-refractivity contribution >= 4 is 11.5 Å². The maximum absolute atomic E-state index is 10.9. The van der Waals surface area contributed by atoms with Crippen LogP contribution in [0.3, 0.4) is 0 Å². The third-order valence-electron chi connectivity index (χ3n) is 2.25. The summed E-state index contributed by atoms with van der Waals surface area (Å²) in [5.41, 5.74) is 0.190. The number of aromatic nitrogens is 2. The lowest BCUT2D eigenvalue weighted by Crippen LogP contribution is -1.99. The van der Waals surface area contributed by atoms with Crippen LogP contribution in [0.1, 0.15) is 16.3 Å². The Bertz CT molecular complexity index is 547. The quantitative estimate of drug-likeness (QED) is 0.693. The molecule has 0 aliphatic heterocycles. The molecule has 0 aliphatic carbocycles. The van der Waals surface area contributed by atoms with Crippen LogP contribution in [0.25, 0.3) is 5.52 Å². The first-order valence-corrected chi connectivity index (χ1v) is 4.68. The van der Waals surface area contributed by atoms with Crippen LogP contribution in [0.4, 0.5) is 0 Å². The van der Waals surface area contributed by atoms with Crippen molar-refractivity contribution in [3.05, 3.63) is 29.7 Å². The van der Waals surface area contributed by atoms with Gasteiger partial charge in [0, 0.05) is 6.42 Å². The first-order chi connectivity index (χ1) is 7.65. The number of carbonyl (C=O) groups is 1. The smallest absolute Gasteiger partial charge is 0.356 e. The summed E-state index contributed by atoms with van der Waals surface area (Å²) < 4.78 is 1.32. The molecule has 2 aromatic heterocycles. The standard InChI is InChI=1S/C10H10N2O4/c13-5-4-7-11-9(10(15)16)6-2-1-3-8(14)12(6)7/h1-3,13-14H,4-5H2,(H,15,16). The van der Waals surface area contributed by atoms with Gasteiger partial charge < -0.3 is 15.3 Å². The number of aliphatic hydroxyl groups excluding tert-OH is 1. The number of carboxylic acids is 1. The Morgan fingerprint density at radius 3 is 2.81 bits per heavy atom. The van der Waals surface area contributed by atoms with Gasteiger partial charge in [0.2, 0.25) is 0 Å². The third-order valence-corrected chi connectivity index (χ3v) is 2.25. The maximum Gasteiger partial charge on any atom is 0.356 e. The lowest BCUT2D eigenvalue weighted by atomic mass is 10.3. The Labute approximate surface area is 90.4 Å². The Morgan fingerprint density at radius 1 is 1.44 bits per heavy atom. The van der Waals surface area contributed by atoms with Gasteiger partial charge in [0.15, 0.2) is 11.6 Å². The number of aromatic carboxylic acids is 1. The number of aromatic hydroxyl groups is 1. The number of carboxylic acid groups (broad SMARTS) is 1. The number of pyridine rings is 1. The normalized spacial score (nSPS) is 10.8. The number of fused-ring (bicyclic) bond motifs is 1. The van der Waals surface area contributed by atoms with Crippen LogP contribution < -0.4 is 0 Å². The van der Waals surface area contributed by atoms with Crippen molar-refractivity contribution in [2.24, 2.45) is 0 Å². The van der Waals surface area contributed by atoms with Gasteiger partial charge in [-0.2, -0.15) is 0 Å². The molecule has 2 heterocycles. The molecule has 0 unspecified atom stereocenters. The summed E-state index contributed by atoms with van der Waals surface area (Å²) in [5, 5.41) is 27.4. The summed E-state index contributed by atoms with van der Waals surface area (Å²) in [6, 6.07) is 4.53. The molecule has 16 heavy (non-hydrogen) atoms. The van der Waals surface area contributed by atoms with Crippen molar-refractivity contribution in [1.82, 2.24) is 9.38 Å². The molecule has 0 spiro atoms. The van der Waals surface area contributed by atoms with E-state index >= 15 is 0 Å². The van der Waals surface area contributed by atoms with Crippen molar-refractivity contribution in [2.45, 2.75) is 6.42 Å². The molecule has 0 saturated carbocycles. The lowest BCUT2D eigenvalue weighted by molar-refractivity contribution is 0.0693. The molecule has 0 saturated heterocycles. The van der Waals surface area contributed by atoms with E-state index in [-0.39, 0.29) is 24.6 Å². The van der Waals surface area contributed by atoms with Gasteiger partial charge in [-0.05, 0) is 12.1 Å². The molecule has 6 nitrogen and oxygen atoms in total. The zero-order chi connectivity index (χ0) is 11.7. The van der Waals surface area contributed by atoms with Crippen LogP contribution in [0.5, 0.6) is 5.88 Å². The first-order valence-electron chi connectivity index (χ1n) is 4.68. The fourth-order valence-electron chi connectivity index (χ4n) is 1.62. The fourth-order valence-corrected chi connectivity index (χ4v) is 1.62. The average molecular weight is 222 g/mol. The van der Waals surface area contributed by atoms with Crippen molar-refractivity contribution in [2.75, 3.05) is 6.61 Å². The molecular weight excluding hydrogens is 212 g/mol. The van der Waals surface area contributed by atoms with Gasteiger partial charge in [0.25, 0.3) is 0 Å². The molecule has 0 aromatic carbocycles. The monoisotopic (exact) mass is 222 g/mol. The van der Waals surface area contributed by atoms with E-state index in [4.69, 9.17) is 10.2 Å². The second-order valence-electron chi connectivity index (χ2n) is 3.26. The molecule has 3 N–H and O–H groups in total. The Hall–Kier alpha value is -2.08. The number of aliphatic hydroxyl groups is 1. The van der Waals surface area contributed by atoms with Crippen LogP contribution in [0.15, 0.2) is 18.2 Å². The summed E-state index contributed by atoms with van der Waals surface area (Å²) in [7, 11) is 0. The predicted molar refractivity (Wildman–Crippen MR) is 54.6 cm³/mol. The largest absolute Gasteiger partial charge is 0.494 e. The zero-order valence-electron chi connectivity index (χ0n) is 8.29.